The standard InChI is InChI=1S/C20H36O6/c1-4-7-8-9-10-11-12-26-20(23)16-14-18(25-6-3)17(24-5-2)13-15(16)19(21)22/h15-18H,4-14H2,1-3H3,(H,21,22). The quantitative estimate of drug-likeness (QED) is 0.391. The highest BCUT2D eigenvalue weighted by molar-refractivity contribution is 5.81. The average molecular weight is 373 g/mol. The predicted molar refractivity (Wildman–Crippen MR) is 99.0 cm³/mol. The molecule has 1 N–H and O–H groups in total. The number of unbranched alkanes of at least 4 members (excludes halogenated alkanes) is 5. The molecule has 152 valence electrons. The molecule has 0 bridgehead atoms. The van der Waals surface area contributed by atoms with Gasteiger partial charge < -0.3 is 19.3 Å². The van der Waals surface area contributed by atoms with Gasteiger partial charge >= 0.3 is 11.9 Å². The van der Waals surface area contributed by atoms with Crippen LogP contribution in [0.15, 0.2) is 0 Å². The first-order valence-electron chi connectivity index (χ1n) is 10.2. The monoisotopic (exact) mass is 372 g/mol. The van der Waals surface area contributed by atoms with Gasteiger partial charge in [0, 0.05) is 13.2 Å². The molecule has 0 aliphatic heterocycles. The van der Waals surface area contributed by atoms with Crippen molar-refractivity contribution in [2.45, 2.75) is 84.3 Å². The van der Waals surface area contributed by atoms with Crippen molar-refractivity contribution < 1.29 is 28.9 Å². The fourth-order valence-electron chi connectivity index (χ4n) is 3.61. The summed E-state index contributed by atoms with van der Waals surface area (Å²) in [6.45, 7) is 7.30. The van der Waals surface area contributed by atoms with Gasteiger partial charge in [-0.25, -0.2) is 0 Å². The highest BCUT2D eigenvalue weighted by Gasteiger charge is 2.45. The van der Waals surface area contributed by atoms with E-state index in [0.717, 1.165) is 19.3 Å². The van der Waals surface area contributed by atoms with Crippen molar-refractivity contribution >= 4 is 11.9 Å². The van der Waals surface area contributed by atoms with Crippen LogP contribution in [0.25, 0.3) is 0 Å². The number of carboxylic acid groups (broad SMARTS) is 1. The summed E-state index contributed by atoms with van der Waals surface area (Å²) >= 11 is 0. The van der Waals surface area contributed by atoms with Crippen LogP contribution < -0.4 is 0 Å². The Morgan fingerprint density at radius 3 is 1.92 bits per heavy atom. The van der Waals surface area contributed by atoms with E-state index in [1.54, 1.807) is 0 Å². The molecule has 0 heterocycles. The minimum atomic E-state index is -0.967. The van der Waals surface area contributed by atoms with Gasteiger partial charge in [0.05, 0.1) is 30.7 Å². The number of carbonyl (C=O) groups is 2. The second-order valence-corrected chi connectivity index (χ2v) is 6.95. The van der Waals surface area contributed by atoms with Crippen LogP contribution in [0.4, 0.5) is 0 Å². The van der Waals surface area contributed by atoms with Gasteiger partial charge in [0.2, 0.25) is 0 Å². The zero-order valence-corrected chi connectivity index (χ0v) is 16.6. The maximum Gasteiger partial charge on any atom is 0.309 e. The Balaban J connectivity index is 2.54. The predicted octanol–water partition coefficient (Wildman–Crippen LogP) is 3.81. The summed E-state index contributed by atoms with van der Waals surface area (Å²) in [6, 6.07) is 0. The van der Waals surface area contributed by atoms with Crippen LogP contribution in [0.1, 0.15) is 72.1 Å². The molecule has 0 amide bonds. The molecular formula is C20H36O6. The summed E-state index contributed by atoms with van der Waals surface area (Å²) in [5.41, 5.74) is 0. The third kappa shape index (κ3) is 7.62. The molecular weight excluding hydrogens is 336 g/mol. The topological polar surface area (TPSA) is 82.1 Å². The summed E-state index contributed by atoms with van der Waals surface area (Å²) in [5, 5.41) is 9.55. The van der Waals surface area contributed by atoms with E-state index < -0.39 is 23.8 Å². The van der Waals surface area contributed by atoms with E-state index in [1.807, 2.05) is 13.8 Å². The third-order valence-electron chi connectivity index (χ3n) is 5.00. The molecule has 1 saturated carbocycles. The summed E-state index contributed by atoms with van der Waals surface area (Å²) in [4.78, 5) is 24.1. The number of carboxylic acids is 1. The van der Waals surface area contributed by atoms with E-state index in [0.29, 0.717) is 26.2 Å². The summed E-state index contributed by atoms with van der Waals surface area (Å²) in [7, 11) is 0. The third-order valence-corrected chi connectivity index (χ3v) is 5.00. The van der Waals surface area contributed by atoms with Gasteiger partial charge in [0.15, 0.2) is 0 Å². The Morgan fingerprint density at radius 2 is 1.38 bits per heavy atom. The molecule has 0 aromatic heterocycles. The average Bonchev–Trinajstić information content (AvgIpc) is 2.62. The van der Waals surface area contributed by atoms with E-state index in [4.69, 9.17) is 14.2 Å². The smallest absolute Gasteiger partial charge is 0.309 e. The van der Waals surface area contributed by atoms with Crippen LogP contribution >= 0.6 is 0 Å². The van der Waals surface area contributed by atoms with E-state index >= 15 is 0 Å². The first-order chi connectivity index (χ1) is 12.5. The minimum Gasteiger partial charge on any atom is -0.481 e. The van der Waals surface area contributed by atoms with Crippen LogP contribution in [-0.2, 0) is 23.8 Å². The molecule has 6 heteroatoms. The number of esters is 1. The first kappa shape index (κ1) is 22.9. The first-order valence-corrected chi connectivity index (χ1v) is 10.2. The van der Waals surface area contributed by atoms with Crippen molar-refractivity contribution in [2.75, 3.05) is 19.8 Å². The molecule has 0 spiro atoms. The van der Waals surface area contributed by atoms with Gasteiger partial charge in [-0.1, -0.05) is 39.0 Å². The molecule has 0 saturated heterocycles. The van der Waals surface area contributed by atoms with Crippen LogP contribution in [0.2, 0.25) is 0 Å². The summed E-state index contributed by atoms with van der Waals surface area (Å²) in [6.07, 6.45) is 6.74. The minimum absolute atomic E-state index is 0.262. The van der Waals surface area contributed by atoms with E-state index in [1.165, 1.54) is 19.3 Å². The van der Waals surface area contributed by atoms with Gasteiger partial charge in [0.25, 0.3) is 0 Å². The number of aliphatic carboxylic acids is 1. The van der Waals surface area contributed by atoms with Crippen LogP contribution in [-0.4, -0.2) is 49.1 Å². The number of hydrogen-bond acceptors (Lipinski definition) is 5. The van der Waals surface area contributed by atoms with Crippen molar-refractivity contribution in [1.29, 1.82) is 0 Å². The molecule has 1 aliphatic rings. The second-order valence-electron chi connectivity index (χ2n) is 6.95. The number of carbonyl (C=O) groups excluding carboxylic acids is 1. The van der Waals surface area contributed by atoms with Crippen molar-refractivity contribution in [2.24, 2.45) is 11.8 Å². The van der Waals surface area contributed by atoms with Gasteiger partial charge in [-0.3, -0.25) is 9.59 Å². The fraction of sp³-hybridized carbons (Fsp3) is 0.900. The molecule has 26 heavy (non-hydrogen) atoms. The fourth-order valence-corrected chi connectivity index (χ4v) is 3.61. The molecule has 6 nitrogen and oxygen atoms in total. The molecule has 1 fully saturated rings. The largest absolute Gasteiger partial charge is 0.481 e. The molecule has 1 rings (SSSR count). The van der Waals surface area contributed by atoms with Gasteiger partial charge in [-0.15, -0.1) is 0 Å². The van der Waals surface area contributed by atoms with Crippen molar-refractivity contribution in [3.63, 3.8) is 0 Å². The molecule has 4 atom stereocenters. The highest BCUT2D eigenvalue weighted by Crippen LogP contribution is 2.35. The number of hydrogen-bond donors (Lipinski definition) is 1. The van der Waals surface area contributed by atoms with Crippen molar-refractivity contribution in [3.05, 3.63) is 0 Å². The van der Waals surface area contributed by atoms with Crippen molar-refractivity contribution in [3.8, 4) is 0 Å². The lowest BCUT2D eigenvalue weighted by Gasteiger charge is -2.38. The van der Waals surface area contributed by atoms with E-state index in [-0.39, 0.29) is 18.6 Å². The van der Waals surface area contributed by atoms with Gasteiger partial charge in [-0.05, 0) is 33.1 Å². The Hall–Kier alpha value is -1.14. The van der Waals surface area contributed by atoms with Crippen LogP contribution in [0.3, 0.4) is 0 Å². The Morgan fingerprint density at radius 1 is 0.846 bits per heavy atom. The lowest BCUT2D eigenvalue weighted by molar-refractivity contribution is -0.172. The Kier molecular flexibility index (Phi) is 11.5. The molecule has 1 aliphatic carbocycles. The highest BCUT2D eigenvalue weighted by atomic mass is 16.5. The normalized spacial score (nSPS) is 25.8. The van der Waals surface area contributed by atoms with Crippen LogP contribution in [0.5, 0.6) is 0 Å². The van der Waals surface area contributed by atoms with Gasteiger partial charge in [-0.2, -0.15) is 0 Å². The second kappa shape index (κ2) is 13.1. The van der Waals surface area contributed by atoms with E-state index in [9.17, 15) is 14.7 Å². The van der Waals surface area contributed by atoms with Crippen molar-refractivity contribution in [1.82, 2.24) is 0 Å². The van der Waals surface area contributed by atoms with Crippen LogP contribution in [0, 0.1) is 11.8 Å². The molecule has 4 unspecified atom stereocenters. The zero-order chi connectivity index (χ0) is 19.4. The Labute approximate surface area is 157 Å². The SMILES string of the molecule is CCCCCCCCOC(=O)C1CC(OCC)C(OCC)CC1C(=O)O. The summed E-state index contributed by atoms with van der Waals surface area (Å²) < 4.78 is 16.8. The molecule has 0 aromatic rings. The maximum atomic E-state index is 12.5. The summed E-state index contributed by atoms with van der Waals surface area (Å²) in [5.74, 6) is -2.82. The lowest BCUT2D eigenvalue weighted by atomic mass is 9.76. The lowest BCUT2D eigenvalue weighted by Crippen LogP contribution is -2.47. The zero-order valence-electron chi connectivity index (χ0n) is 16.6. The van der Waals surface area contributed by atoms with Gasteiger partial charge in [0.1, 0.15) is 0 Å². The maximum absolute atomic E-state index is 12.5. The molecule has 0 radical (unpaired) electrons. The number of rotatable bonds is 13. The molecule has 0 aromatic carbocycles. The number of ether oxygens (including phenoxy) is 3. The Bertz CT molecular complexity index is 411. The van der Waals surface area contributed by atoms with E-state index in [2.05, 4.69) is 6.92 Å².